The smallest absolute Gasteiger partial charge is 0.258 e. The predicted molar refractivity (Wildman–Crippen MR) is 195 cm³/mol. The third-order valence-corrected chi connectivity index (χ3v) is 10.5. The second-order valence-corrected chi connectivity index (χ2v) is 14.8. The minimum absolute atomic E-state index is 0.0485. The number of rotatable bonds is 13. The van der Waals surface area contributed by atoms with Gasteiger partial charge in [0.15, 0.2) is 11.6 Å². The average molecular weight is 675 g/mol. The van der Waals surface area contributed by atoms with Crippen LogP contribution >= 0.6 is 0 Å². The first-order valence-corrected chi connectivity index (χ1v) is 18.0. The highest BCUT2D eigenvalue weighted by Crippen LogP contribution is 2.45. The van der Waals surface area contributed by atoms with Gasteiger partial charge in [0.2, 0.25) is 0 Å². The Morgan fingerprint density at radius 3 is 2.55 bits per heavy atom. The molecule has 1 aliphatic carbocycles. The molecule has 1 aromatic heterocycles. The van der Waals surface area contributed by atoms with Crippen molar-refractivity contribution >= 4 is 24.7 Å². The van der Waals surface area contributed by atoms with Crippen molar-refractivity contribution in [3.8, 4) is 11.5 Å². The maximum absolute atomic E-state index is 14.4. The quantitative estimate of drug-likeness (QED) is 0.235. The Bertz CT molecular complexity index is 1470. The third-order valence-electron chi connectivity index (χ3n) is 10.5. The second kappa shape index (κ2) is 16.8. The Labute approximate surface area is 291 Å². The van der Waals surface area contributed by atoms with Crippen LogP contribution in [0, 0.1) is 17.2 Å². The summed E-state index contributed by atoms with van der Waals surface area (Å²) in [6.45, 7) is 19.1. The van der Waals surface area contributed by atoms with Gasteiger partial charge in [-0.3, -0.25) is 20.1 Å². The molecule has 49 heavy (non-hydrogen) atoms. The molecule has 3 aliphatic rings. The minimum atomic E-state index is -0.481. The highest BCUT2D eigenvalue weighted by molar-refractivity contribution is 5.97. The number of carbonyl (C=O) groups excluding carboxylic acids is 1. The topological polar surface area (TPSA) is 98.5 Å². The Morgan fingerprint density at radius 1 is 1.12 bits per heavy atom. The molecule has 3 heterocycles. The van der Waals surface area contributed by atoms with Crippen LogP contribution in [0.1, 0.15) is 89.9 Å². The van der Waals surface area contributed by atoms with Crippen LogP contribution in [0.2, 0.25) is 0 Å². The van der Waals surface area contributed by atoms with Gasteiger partial charge in [0.05, 0.1) is 18.4 Å². The van der Waals surface area contributed by atoms with Crippen LogP contribution in [0.3, 0.4) is 0 Å². The van der Waals surface area contributed by atoms with Gasteiger partial charge in [-0.1, -0.05) is 0 Å². The molecule has 1 N–H and O–H groups in total. The number of aliphatic imine (C=N–C) groups is 2. The van der Waals surface area contributed by atoms with Crippen molar-refractivity contribution in [2.24, 2.45) is 21.3 Å². The molecule has 3 fully saturated rings. The summed E-state index contributed by atoms with van der Waals surface area (Å²) in [5, 5.41) is 3.62. The molecule has 0 radical (unpaired) electrons. The van der Waals surface area contributed by atoms with Gasteiger partial charge in [-0.15, -0.1) is 0 Å². The summed E-state index contributed by atoms with van der Waals surface area (Å²) in [4.78, 5) is 37.3. The van der Waals surface area contributed by atoms with E-state index in [1.807, 2.05) is 40.8 Å². The van der Waals surface area contributed by atoms with Crippen LogP contribution in [0.25, 0.3) is 0 Å². The molecule has 2 aromatic rings. The predicted octanol–water partition coefficient (Wildman–Crippen LogP) is 6.74. The summed E-state index contributed by atoms with van der Waals surface area (Å²) < 4.78 is 20.7. The van der Waals surface area contributed by atoms with Gasteiger partial charge in [0.25, 0.3) is 5.91 Å². The van der Waals surface area contributed by atoms with Crippen LogP contribution in [-0.2, 0) is 0 Å². The molecule has 1 aromatic carbocycles. The first kappa shape index (κ1) is 36.6. The van der Waals surface area contributed by atoms with E-state index in [2.05, 4.69) is 41.8 Å². The molecule has 0 bridgehead atoms. The summed E-state index contributed by atoms with van der Waals surface area (Å²) in [6.07, 6.45) is 15.4. The normalized spacial score (nSPS) is 20.5. The number of piperidine rings is 1. The number of carbonyl (C=O) groups is 1. The number of halogens is 1. The Morgan fingerprint density at radius 2 is 1.86 bits per heavy atom. The molecular weight excluding hydrogens is 619 g/mol. The van der Waals surface area contributed by atoms with E-state index in [1.54, 1.807) is 17.3 Å². The molecule has 1 saturated carbocycles. The van der Waals surface area contributed by atoms with Crippen LogP contribution in [-0.4, -0.2) is 96.1 Å². The number of ether oxygens (including phenoxy) is 1. The van der Waals surface area contributed by atoms with Crippen molar-refractivity contribution < 1.29 is 13.9 Å². The SMILES string of the molecule is C=N/C=C(C)\C=N/CNC1CCC2(CC1)CCN(CC1CCN(c3ncncc3Oc3ccc(F)cc3C(=O)N(C(C)C)C(C)C)C1)CC2. The average Bonchev–Trinajstić information content (AvgIpc) is 3.54. The molecule has 2 saturated heterocycles. The number of anilines is 1. The zero-order valence-electron chi connectivity index (χ0n) is 30.1. The van der Waals surface area contributed by atoms with E-state index in [1.165, 1.54) is 63.1 Å². The molecule has 2 aliphatic heterocycles. The number of hydrogen-bond donors (Lipinski definition) is 1. The first-order valence-electron chi connectivity index (χ1n) is 18.0. The fourth-order valence-corrected chi connectivity index (χ4v) is 7.93. The van der Waals surface area contributed by atoms with E-state index in [9.17, 15) is 9.18 Å². The van der Waals surface area contributed by atoms with Crippen molar-refractivity contribution in [2.45, 2.75) is 97.7 Å². The van der Waals surface area contributed by atoms with Crippen molar-refractivity contribution in [1.82, 2.24) is 25.1 Å². The van der Waals surface area contributed by atoms with Crippen molar-refractivity contribution in [1.29, 1.82) is 0 Å². The summed E-state index contributed by atoms with van der Waals surface area (Å²) in [6, 6.07) is 4.56. The summed E-state index contributed by atoms with van der Waals surface area (Å²) >= 11 is 0. The molecule has 11 heteroatoms. The van der Waals surface area contributed by atoms with Crippen molar-refractivity contribution in [2.75, 3.05) is 44.3 Å². The molecule has 5 rings (SSSR count). The first-order chi connectivity index (χ1) is 23.6. The van der Waals surface area contributed by atoms with Gasteiger partial charge >= 0.3 is 0 Å². The Kier molecular flexibility index (Phi) is 12.5. The standard InChI is InChI=1S/C38H55FN8O2/c1-27(2)47(28(3)4)37(48)33-19-31(39)7-8-34(33)49-35-22-42-26-44-36(35)46-16-11-30(24-46)23-45-17-14-38(15-18-45)12-9-32(10-13-38)43-25-41-21-29(5)20-40-6/h7-8,19-22,26-28,30,32,43H,6,9-18,23-25H2,1-5H3/b29-20-,41-21-. The molecule has 1 unspecified atom stereocenters. The number of benzene rings is 1. The van der Waals surface area contributed by atoms with Crippen molar-refractivity contribution in [3.63, 3.8) is 0 Å². The van der Waals surface area contributed by atoms with E-state index >= 15 is 0 Å². The lowest BCUT2D eigenvalue weighted by atomic mass is 9.67. The fourth-order valence-electron chi connectivity index (χ4n) is 7.93. The number of nitrogens with zero attached hydrogens (tertiary/aromatic N) is 7. The maximum atomic E-state index is 14.4. The molecular formula is C38H55FN8O2. The highest BCUT2D eigenvalue weighted by atomic mass is 19.1. The fraction of sp³-hybridized carbons (Fsp3) is 0.605. The summed E-state index contributed by atoms with van der Waals surface area (Å²) in [5.74, 6) is 1.27. The van der Waals surface area contributed by atoms with E-state index < -0.39 is 5.82 Å². The van der Waals surface area contributed by atoms with Gasteiger partial charge < -0.3 is 19.4 Å². The molecule has 1 atom stereocenters. The lowest BCUT2D eigenvalue weighted by molar-refractivity contribution is 0.0529. The zero-order valence-corrected chi connectivity index (χ0v) is 30.1. The molecule has 266 valence electrons. The van der Waals surface area contributed by atoms with Gasteiger partial charge in [0.1, 0.15) is 17.9 Å². The van der Waals surface area contributed by atoms with Crippen LogP contribution in [0.5, 0.6) is 11.5 Å². The lowest BCUT2D eigenvalue weighted by Crippen LogP contribution is -2.46. The number of hydrogen-bond acceptors (Lipinski definition) is 9. The monoisotopic (exact) mass is 674 g/mol. The highest BCUT2D eigenvalue weighted by Gasteiger charge is 2.39. The molecule has 1 amide bonds. The lowest BCUT2D eigenvalue weighted by Gasteiger charge is -2.46. The third kappa shape index (κ3) is 9.51. The van der Waals surface area contributed by atoms with E-state index in [4.69, 9.17) is 4.74 Å². The van der Waals surface area contributed by atoms with Gasteiger partial charge in [-0.05, 0) is 134 Å². The maximum Gasteiger partial charge on any atom is 0.258 e. The molecule has 1 spiro atoms. The van der Waals surface area contributed by atoms with Gasteiger partial charge in [-0.25, -0.2) is 14.4 Å². The number of likely N-dealkylation sites (tertiary alicyclic amines) is 1. The van der Waals surface area contributed by atoms with Gasteiger partial charge in [-0.2, -0.15) is 0 Å². The number of nitrogens with one attached hydrogen (secondary N) is 1. The molecule has 10 nitrogen and oxygen atoms in total. The number of amides is 1. The zero-order chi connectivity index (χ0) is 35.0. The van der Waals surface area contributed by atoms with Crippen LogP contribution in [0.4, 0.5) is 10.2 Å². The van der Waals surface area contributed by atoms with Crippen LogP contribution < -0.4 is 15.0 Å². The Hall–Kier alpha value is -3.70. The van der Waals surface area contributed by atoms with Crippen LogP contribution in [0.15, 0.2) is 52.5 Å². The summed E-state index contributed by atoms with van der Waals surface area (Å²) in [5.41, 5.74) is 1.69. The largest absolute Gasteiger partial charge is 0.451 e. The van der Waals surface area contributed by atoms with E-state index in [0.717, 1.165) is 44.7 Å². The van der Waals surface area contributed by atoms with E-state index in [-0.39, 0.29) is 23.6 Å². The van der Waals surface area contributed by atoms with E-state index in [0.29, 0.717) is 41.4 Å². The summed E-state index contributed by atoms with van der Waals surface area (Å²) in [7, 11) is 0. The number of aromatic nitrogens is 2. The second-order valence-electron chi connectivity index (χ2n) is 14.8. The minimum Gasteiger partial charge on any atom is -0.451 e. The van der Waals surface area contributed by atoms with Gasteiger partial charge in [0, 0.05) is 50.2 Å². The Balaban J connectivity index is 1.13. The van der Waals surface area contributed by atoms with Crippen molar-refractivity contribution in [3.05, 3.63) is 53.9 Å². The number of allylic oxidation sites excluding steroid dienone is 1.